The summed E-state index contributed by atoms with van der Waals surface area (Å²) in [7, 11) is 0. The molecule has 1 aromatic rings. The molecule has 96 valence electrons. The second kappa shape index (κ2) is 6.69. The Bertz CT molecular complexity index is 375. The van der Waals surface area contributed by atoms with Crippen LogP contribution in [0.1, 0.15) is 32.9 Å². The maximum absolute atomic E-state index is 10.6. The van der Waals surface area contributed by atoms with E-state index in [1.165, 1.54) is 17.5 Å². The van der Waals surface area contributed by atoms with Gasteiger partial charge in [-0.15, -0.1) is 0 Å². The van der Waals surface area contributed by atoms with Gasteiger partial charge in [0.25, 0.3) is 0 Å². The van der Waals surface area contributed by atoms with E-state index in [0.717, 1.165) is 24.5 Å². The van der Waals surface area contributed by atoms with Crippen LogP contribution >= 0.6 is 11.8 Å². The van der Waals surface area contributed by atoms with Gasteiger partial charge in [0, 0.05) is 18.4 Å². The van der Waals surface area contributed by atoms with E-state index >= 15 is 0 Å². The second-order valence-corrected chi connectivity index (χ2v) is 5.34. The highest BCUT2D eigenvalue weighted by atomic mass is 32.2. The third-order valence-corrected chi connectivity index (χ3v) is 3.49. The monoisotopic (exact) mass is 256 g/mol. The van der Waals surface area contributed by atoms with Crippen LogP contribution in [0.5, 0.6) is 0 Å². The quantitative estimate of drug-likeness (QED) is 0.762. The molecule has 1 rings (SSSR count). The first-order valence-electron chi connectivity index (χ1n) is 5.93. The molecule has 0 spiro atoms. The topological polar surface area (TPSA) is 55.1 Å². The van der Waals surface area contributed by atoms with E-state index in [4.69, 9.17) is 5.11 Å². The number of imidazole rings is 1. The van der Waals surface area contributed by atoms with E-state index in [2.05, 4.69) is 30.3 Å². The molecule has 0 aliphatic carbocycles. The molecule has 17 heavy (non-hydrogen) atoms. The molecule has 5 heteroatoms. The summed E-state index contributed by atoms with van der Waals surface area (Å²) in [6.45, 7) is 7.39. The highest BCUT2D eigenvalue weighted by Crippen LogP contribution is 2.20. The maximum Gasteiger partial charge on any atom is 0.313 e. The summed E-state index contributed by atoms with van der Waals surface area (Å²) in [5.41, 5.74) is 1.18. The number of aliphatic carboxylic acids is 1. The number of thioether (sulfide) groups is 1. The molecule has 0 aromatic carbocycles. The molecule has 0 unspecified atom stereocenters. The average Bonchev–Trinajstić information content (AvgIpc) is 2.65. The van der Waals surface area contributed by atoms with Crippen LogP contribution in [-0.2, 0) is 17.8 Å². The summed E-state index contributed by atoms with van der Waals surface area (Å²) in [6.07, 6.45) is 3.87. The number of carboxylic acid groups (broad SMARTS) is 1. The van der Waals surface area contributed by atoms with Gasteiger partial charge in [-0.25, -0.2) is 4.98 Å². The minimum atomic E-state index is -0.800. The molecule has 0 aliphatic heterocycles. The van der Waals surface area contributed by atoms with Gasteiger partial charge in [0.2, 0.25) is 0 Å². The van der Waals surface area contributed by atoms with Crippen LogP contribution < -0.4 is 0 Å². The lowest BCUT2D eigenvalue weighted by Crippen LogP contribution is -2.08. The Morgan fingerprint density at radius 3 is 2.82 bits per heavy atom. The number of nitrogens with zero attached hydrogens (tertiary/aromatic N) is 2. The zero-order valence-electron chi connectivity index (χ0n) is 10.6. The first-order valence-corrected chi connectivity index (χ1v) is 6.92. The number of aromatic nitrogens is 2. The third-order valence-electron chi connectivity index (χ3n) is 2.52. The van der Waals surface area contributed by atoms with Gasteiger partial charge in [-0.1, -0.05) is 32.5 Å². The van der Waals surface area contributed by atoms with E-state index < -0.39 is 5.97 Å². The molecular weight excluding hydrogens is 236 g/mol. The Labute approximate surface area is 106 Å². The Balaban J connectivity index is 2.74. The molecular formula is C12H20N2O2S. The van der Waals surface area contributed by atoms with Crippen LogP contribution in [0.3, 0.4) is 0 Å². The number of hydrogen-bond donors (Lipinski definition) is 1. The van der Waals surface area contributed by atoms with E-state index in [1.807, 2.05) is 6.20 Å². The predicted octanol–water partition coefficient (Wildman–Crippen LogP) is 2.67. The summed E-state index contributed by atoms with van der Waals surface area (Å²) in [4.78, 5) is 14.9. The lowest BCUT2D eigenvalue weighted by Gasteiger charge is -2.11. The van der Waals surface area contributed by atoms with Gasteiger partial charge >= 0.3 is 5.97 Å². The number of hydrogen-bond acceptors (Lipinski definition) is 3. The minimum Gasteiger partial charge on any atom is -0.481 e. The van der Waals surface area contributed by atoms with Crippen molar-refractivity contribution in [3.8, 4) is 0 Å². The van der Waals surface area contributed by atoms with Gasteiger partial charge in [0.1, 0.15) is 0 Å². The second-order valence-electron chi connectivity index (χ2n) is 4.40. The Hall–Kier alpha value is -0.970. The van der Waals surface area contributed by atoms with E-state index in [-0.39, 0.29) is 5.75 Å². The molecule has 0 fully saturated rings. The molecule has 0 aliphatic rings. The van der Waals surface area contributed by atoms with Gasteiger partial charge in [-0.3, -0.25) is 4.79 Å². The SMILES string of the molecule is CCc1cnc(SCC(=O)O)n1CCC(C)C. The van der Waals surface area contributed by atoms with Crippen molar-refractivity contribution in [3.05, 3.63) is 11.9 Å². The van der Waals surface area contributed by atoms with Crippen LogP contribution in [0.2, 0.25) is 0 Å². The normalized spacial score (nSPS) is 11.1. The van der Waals surface area contributed by atoms with Crippen molar-refractivity contribution < 1.29 is 9.90 Å². The van der Waals surface area contributed by atoms with Crippen LogP contribution in [0.4, 0.5) is 0 Å². The van der Waals surface area contributed by atoms with Gasteiger partial charge in [-0.05, 0) is 18.8 Å². The number of carbonyl (C=O) groups is 1. The van der Waals surface area contributed by atoms with Gasteiger partial charge in [0.05, 0.1) is 5.75 Å². The molecule has 0 saturated carbocycles. The highest BCUT2D eigenvalue weighted by Gasteiger charge is 2.11. The fraction of sp³-hybridized carbons (Fsp3) is 0.667. The van der Waals surface area contributed by atoms with E-state index in [0.29, 0.717) is 5.92 Å². The first-order chi connectivity index (χ1) is 8.04. The standard InChI is InChI=1S/C12H20N2O2S/c1-4-10-7-13-12(17-8-11(15)16)14(10)6-5-9(2)3/h7,9H,4-6,8H2,1-3H3,(H,15,16). The molecule has 0 atom stereocenters. The molecule has 1 N–H and O–H groups in total. The van der Waals surface area contributed by atoms with Crippen molar-refractivity contribution in [3.63, 3.8) is 0 Å². The molecule has 0 saturated heterocycles. The van der Waals surface area contributed by atoms with Crippen molar-refractivity contribution in [2.24, 2.45) is 5.92 Å². The van der Waals surface area contributed by atoms with Crippen molar-refractivity contribution in [2.45, 2.75) is 45.3 Å². The zero-order valence-corrected chi connectivity index (χ0v) is 11.5. The smallest absolute Gasteiger partial charge is 0.313 e. The number of rotatable bonds is 7. The molecule has 4 nitrogen and oxygen atoms in total. The van der Waals surface area contributed by atoms with Crippen molar-refractivity contribution >= 4 is 17.7 Å². The summed E-state index contributed by atoms with van der Waals surface area (Å²) in [6, 6.07) is 0. The molecule has 1 aromatic heterocycles. The Morgan fingerprint density at radius 1 is 1.59 bits per heavy atom. The van der Waals surface area contributed by atoms with Gasteiger partial charge in [-0.2, -0.15) is 0 Å². The third kappa shape index (κ3) is 4.42. The Kier molecular flexibility index (Phi) is 5.55. The van der Waals surface area contributed by atoms with Crippen molar-refractivity contribution in [2.75, 3.05) is 5.75 Å². The molecule has 0 radical (unpaired) electrons. The fourth-order valence-corrected chi connectivity index (χ4v) is 2.29. The van der Waals surface area contributed by atoms with Crippen LogP contribution in [-0.4, -0.2) is 26.4 Å². The zero-order chi connectivity index (χ0) is 12.8. The summed E-state index contributed by atoms with van der Waals surface area (Å²) < 4.78 is 2.15. The van der Waals surface area contributed by atoms with Crippen LogP contribution in [0, 0.1) is 5.92 Å². The molecule has 0 amide bonds. The van der Waals surface area contributed by atoms with E-state index in [1.54, 1.807) is 0 Å². The lowest BCUT2D eigenvalue weighted by atomic mass is 10.1. The van der Waals surface area contributed by atoms with Crippen LogP contribution in [0.15, 0.2) is 11.4 Å². The largest absolute Gasteiger partial charge is 0.481 e. The summed E-state index contributed by atoms with van der Waals surface area (Å²) >= 11 is 1.30. The summed E-state index contributed by atoms with van der Waals surface area (Å²) in [5.74, 6) is -0.0899. The van der Waals surface area contributed by atoms with E-state index in [9.17, 15) is 4.79 Å². The Morgan fingerprint density at radius 2 is 2.29 bits per heavy atom. The van der Waals surface area contributed by atoms with Crippen LogP contribution in [0.25, 0.3) is 0 Å². The average molecular weight is 256 g/mol. The molecule has 0 bridgehead atoms. The van der Waals surface area contributed by atoms with Gasteiger partial charge < -0.3 is 9.67 Å². The predicted molar refractivity (Wildman–Crippen MR) is 69.4 cm³/mol. The minimum absolute atomic E-state index is 0.0713. The lowest BCUT2D eigenvalue weighted by molar-refractivity contribution is -0.133. The first kappa shape index (κ1) is 14.1. The number of carboxylic acids is 1. The highest BCUT2D eigenvalue weighted by molar-refractivity contribution is 7.99. The molecule has 1 heterocycles. The maximum atomic E-state index is 10.6. The fourth-order valence-electron chi connectivity index (χ4n) is 1.54. The number of aryl methyl sites for hydroxylation is 1. The van der Waals surface area contributed by atoms with Gasteiger partial charge in [0.15, 0.2) is 5.16 Å². The van der Waals surface area contributed by atoms with Crippen molar-refractivity contribution in [1.29, 1.82) is 0 Å². The summed E-state index contributed by atoms with van der Waals surface area (Å²) in [5, 5.41) is 9.51. The van der Waals surface area contributed by atoms with Crippen molar-refractivity contribution in [1.82, 2.24) is 9.55 Å².